The van der Waals surface area contributed by atoms with Gasteiger partial charge in [0.25, 0.3) is 5.91 Å². The maximum absolute atomic E-state index is 12.2. The quantitative estimate of drug-likeness (QED) is 0.852. The Labute approximate surface area is 135 Å². The van der Waals surface area contributed by atoms with E-state index in [9.17, 15) is 4.79 Å². The van der Waals surface area contributed by atoms with Crippen LogP contribution in [0.2, 0.25) is 5.02 Å². The van der Waals surface area contributed by atoms with Gasteiger partial charge in [-0.15, -0.1) is 0 Å². The van der Waals surface area contributed by atoms with Gasteiger partial charge in [0.2, 0.25) is 0 Å². The van der Waals surface area contributed by atoms with E-state index in [1.807, 2.05) is 10.9 Å². The SMILES string of the molecule is CCN(CC)CCn1cc(NC(=O)c2ccccc2Cl)cn1. The summed E-state index contributed by atoms with van der Waals surface area (Å²) >= 11 is 6.02. The highest BCUT2D eigenvalue weighted by atomic mass is 35.5. The van der Waals surface area contributed by atoms with Crippen LogP contribution in [0.3, 0.4) is 0 Å². The highest BCUT2D eigenvalue weighted by Gasteiger charge is 2.11. The van der Waals surface area contributed by atoms with Gasteiger partial charge < -0.3 is 10.2 Å². The Morgan fingerprint density at radius 3 is 2.73 bits per heavy atom. The number of anilines is 1. The van der Waals surface area contributed by atoms with Gasteiger partial charge in [0, 0.05) is 12.7 Å². The Bertz CT molecular complexity index is 622. The molecular weight excluding hydrogens is 300 g/mol. The molecule has 0 atom stereocenters. The molecule has 5 nitrogen and oxygen atoms in total. The summed E-state index contributed by atoms with van der Waals surface area (Å²) in [4.78, 5) is 14.5. The van der Waals surface area contributed by atoms with Crippen molar-refractivity contribution in [2.75, 3.05) is 25.0 Å². The number of aromatic nitrogens is 2. The first-order valence-corrected chi connectivity index (χ1v) is 7.82. The molecule has 0 fully saturated rings. The second-order valence-electron chi connectivity index (χ2n) is 4.95. The Morgan fingerprint density at radius 2 is 2.05 bits per heavy atom. The molecule has 0 bridgehead atoms. The van der Waals surface area contributed by atoms with Gasteiger partial charge in [-0.3, -0.25) is 9.48 Å². The van der Waals surface area contributed by atoms with E-state index in [2.05, 4.69) is 29.2 Å². The molecule has 0 saturated carbocycles. The van der Waals surface area contributed by atoms with Crippen LogP contribution in [0.5, 0.6) is 0 Å². The van der Waals surface area contributed by atoms with Crippen molar-refractivity contribution in [2.24, 2.45) is 0 Å². The Kier molecular flexibility index (Phi) is 5.98. The molecule has 0 radical (unpaired) electrons. The zero-order valence-corrected chi connectivity index (χ0v) is 13.7. The molecule has 1 N–H and O–H groups in total. The van der Waals surface area contributed by atoms with Gasteiger partial charge in [0.15, 0.2) is 0 Å². The Balaban J connectivity index is 1.94. The minimum Gasteiger partial charge on any atom is -0.319 e. The third-order valence-corrected chi connectivity index (χ3v) is 3.88. The zero-order valence-electron chi connectivity index (χ0n) is 12.9. The van der Waals surface area contributed by atoms with Gasteiger partial charge in [0.1, 0.15) is 0 Å². The topological polar surface area (TPSA) is 50.2 Å². The largest absolute Gasteiger partial charge is 0.319 e. The van der Waals surface area contributed by atoms with Gasteiger partial charge in [-0.25, -0.2) is 0 Å². The van der Waals surface area contributed by atoms with Crippen LogP contribution < -0.4 is 5.32 Å². The van der Waals surface area contributed by atoms with Gasteiger partial charge in [-0.1, -0.05) is 37.6 Å². The lowest BCUT2D eigenvalue weighted by Gasteiger charge is -2.17. The number of hydrogen-bond acceptors (Lipinski definition) is 3. The number of benzene rings is 1. The molecule has 1 aromatic heterocycles. The number of nitrogens with one attached hydrogen (secondary N) is 1. The van der Waals surface area contributed by atoms with Crippen molar-refractivity contribution >= 4 is 23.2 Å². The molecule has 1 heterocycles. The summed E-state index contributed by atoms with van der Waals surface area (Å²) in [6.07, 6.45) is 3.48. The summed E-state index contributed by atoms with van der Waals surface area (Å²) in [5.41, 5.74) is 1.13. The van der Waals surface area contributed by atoms with E-state index < -0.39 is 0 Å². The molecule has 6 heteroatoms. The molecule has 2 rings (SSSR count). The molecule has 1 amide bonds. The number of carbonyl (C=O) groups excluding carboxylic acids is 1. The molecule has 0 spiro atoms. The fourth-order valence-electron chi connectivity index (χ4n) is 2.18. The molecule has 0 aliphatic rings. The third-order valence-electron chi connectivity index (χ3n) is 3.55. The first-order valence-electron chi connectivity index (χ1n) is 7.44. The van der Waals surface area contributed by atoms with E-state index in [1.54, 1.807) is 30.5 Å². The number of nitrogens with zero attached hydrogens (tertiary/aromatic N) is 3. The summed E-state index contributed by atoms with van der Waals surface area (Å²) < 4.78 is 1.83. The van der Waals surface area contributed by atoms with Crippen LogP contribution in [0.4, 0.5) is 5.69 Å². The highest BCUT2D eigenvalue weighted by molar-refractivity contribution is 6.34. The minimum atomic E-state index is -0.228. The second kappa shape index (κ2) is 7.96. The first-order chi connectivity index (χ1) is 10.6. The molecular formula is C16H21ClN4O. The minimum absolute atomic E-state index is 0.228. The molecule has 0 unspecified atom stereocenters. The third kappa shape index (κ3) is 4.32. The van der Waals surface area contributed by atoms with Crippen LogP contribution >= 0.6 is 11.6 Å². The van der Waals surface area contributed by atoms with Crippen LogP contribution in [0.25, 0.3) is 0 Å². The van der Waals surface area contributed by atoms with E-state index >= 15 is 0 Å². The fourth-order valence-corrected chi connectivity index (χ4v) is 2.40. The number of carbonyl (C=O) groups is 1. The smallest absolute Gasteiger partial charge is 0.257 e. The molecule has 0 aliphatic heterocycles. The van der Waals surface area contributed by atoms with Crippen molar-refractivity contribution in [3.05, 3.63) is 47.2 Å². The molecule has 0 saturated heterocycles. The summed E-state index contributed by atoms with van der Waals surface area (Å²) in [5.74, 6) is -0.228. The number of hydrogen-bond donors (Lipinski definition) is 1. The predicted molar refractivity (Wildman–Crippen MR) is 89.4 cm³/mol. The van der Waals surface area contributed by atoms with Crippen LogP contribution in [0.15, 0.2) is 36.7 Å². The zero-order chi connectivity index (χ0) is 15.9. The normalized spacial score (nSPS) is 10.9. The van der Waals surface area contributed by atoms with Crippen LogP contribution in [-0.4, -0.2) is 40.2 Å². The highest BCUT2D eigenvalue weighted by Crippen LogP contribution is 2.16. The van der Waals surface area contributed by atoms with E-state index in [0.29, 0.717) is 16.3 Å². The van der Waals surface area contributed by atoms with Crippen LogP contribution in [0, 0.1) is 0 Å². The number of likely N-dealkylation sites (N-methyl/N-ethyl adjacent to an activating group) is 1. The van der Waals surface area contributed by atoms with Crippen molar-refractivity contribution in [3.63, 3.8) is 0 Å². The molecule has 0 aliphatic carbocycles. The molecule has 2 aromatic rings. The molecule has 1 aromatic carbocycles. The van der Waals surface area contributed by atoms with E-state index in [-0.39, 0.29) is 5.91 Å². The Hall–Kier alpha value is -1.85. The predicted octanol–water partition coefficient (Wildman–Crippen LogP) is 3.13. The van der Waals surface area contributed by atoms with Gasteiger partial charge in [-0.2, -0.15) is 5.10 Å². The van der Waals surface area contributed by atoms with E-state index in [1.165, 1.54) is 0 Å². The monoisotopic (exact) mass is 320 g/mol. The van der Waals surface area contributed by atoms with Crippen molar-refractivity contribution in [2.45, 2.75) is 20.4 Å². The van der Waals surface area contributed by atoms with Crippen molar-refractivity contribution in [1.82, 2.24) is 14.7 Å². The lowest BCUT2D eigenvalue weighted by atomic mass is 10.2. The van der Waals surface area contributed by atoms with Gasteiger partial charge in [0.05, 0.1) is 29.0 Å². The van der Waals surface area contributed by atoms with Crippen molar-refractivity contribution < 1.29 is 4.79 Å². The second-order valence-corrected chi connectivity index (χ2v) is 5.36. The van der Waals surface area contributed by atoms with E-state index in [0.717, 1.165) is 26.2 Å². The lowest BCUT2D eigenvalue weighted by Crippen LogP contribution is -2.27. The van der Waals surface area contributed by atoms with Gasteiger partial charge in [-0.05, 0) is 25.2 Å². The van der Waals surface area contributed by atoms with Crippen LogP contribution in [-0.2, 0) is 6.54 Å². The van der Waals surface area contributed by atoms with Crippen molar-refractivity contribution in [3.8, 4) is 0 Å². The van der Waals surface area contributed by atoms with Gasteiger partial charge >= 0.3 is 0 Å². The summed E-state index contributed by atoms with van der Waals surface area (Å²) in [6.45, 7) is 8.06. The standard InChI is InChI=1S/C16H21ClN4O/c1-3-20(4-2)9-10-21-12-13(11-18-21)19-16(22)14-7-5-6-8-15(14)17/h5-8,11-12H,3-4,9-10H2,1-2H3,(H,19,22). The van der Waals surface area contributed by atoms with E-state index in [4.69, 9.17) is 11.6 Å². The summed E-state index contributed by atoms with van der Waals surface area (Å²) in [6, 6.07) is 6.98. The number of amides is 1. The fraction of sp³-hybridized carbons (Fsp3) is 0.375. The van der Waals surface area contributed by atoms with Crippen LogP contribution in [0.1, 0.15) is 24.2 Å². The first kappa shape index (κ1) is 16.5. The summed E-state index contributed by atoms with van der Waals surface area (Å²) in [7, 11) is 0. The van der Waals surface area contributed by atoms with Crippen molar-refractivity contribution in [1.29, 1.82) is 0 Å². The average molecular weight is 321 g/mol. The molecule has 22 heavy (non-hydrogen) atoms. The maximum atomic E-state index is 12.2. The maximum Gasteiger partial charge on any atom is 0.257 e. The average Bonchev–Trinajstić information content (AvgIpc) is 2.96. The number of halogens is 1. The molecule has 118 valence electrons. The lowest BCUT2D eigenvalue weighted by molar-refractivity contribution is 0.102. The number of rotatable bonds is 7. The summed E-state index contributed by atoms with van der Waals surface area (Å²) in [5, 5.41) is 7.52. The Morgan fingerprint density at radius 1 is 1.32 bits per heavy atom.